The Morgan fingerprint density at radius 1 is 0.909 bits per heavy atom. The summed E-state index contributed by atoms with van der Waals surface area (Å²) in [4.78, 5) is 15.6. The van der Waals surface area contributed by atoms with Crippen molar-refractivity contribution in [3.05, 3.63) is 64.2 Å². The maximum atomic E-state index is 4.97. The van der Waals surface area contributed by atoms with Gasteiger partial charge >= 0.3 is 0 Å². The number of aryl methyl sites for hydroxylation is 2. The average molecular weight is 462 g/mol. The number of nitrogens with zero attached hydrogens (tertiary/aromatic N) is 4. The van der Waals surface area contributed by atoms with Crippen LogP contribution in [0, 0.1) is 19.3 Å². The first-order valence-corrected chi connectivity index (χ1v) is 12.3. The third kappa shape index (κ3) is 4.59. The Kier molecular flexibility index (Phi) is 5.95. The van der Waals surface area contributed by atoms with Crippen molar-refractivity contribution in [3.63, 3.8) is 0 Å². The largest absolute Gasteiger partial charge is 0.262 e. The molecular formula is C27H35N5S. The van der Waals surface area contributed by atoms with E-state index in [1.807, 2.05) is 6.92 Å². The molecule has 0 spiro atoms. The van der Waals surface area contributed by atoms with Crippen LogP contribution in [0.1, 0.15) is 70.6 Å². The van der Waals surface area contributed by atoms with Crippen LogP contribution < -0.4 is 10.4 Å². The van der Waals surface area contributed by atoms with Crippen LogP contribution in [0.5, 0.6) is 0 Å². The van der Waals surface area contributed by atoms with E-state index >= 15 is 0 Å². The zero-order valence-electron chi connectivity index (χ0n) is 21.2. The molecule has 1 aliphatic rings. The summed E-state index contributed by atoms with van der Waals surface area (Å²) in [6, 6.07) is 12.9. The summed E-state index contributed by atoms with van der Waals surface area (Å²) in [5.41, 5.74) is 9.47. The van der Waals surface area contributed by atoms with Gasteiger partial charge in [0.1, 0.15) is 5.82 Å². The number of aromatic nitrogens is 3. The number of thiazole rings is 1. The first-order chi connectivity index (χ1) is 15.4. The predicted molar refractivity (Wildman–Crippen MR) is 139 cm³/mol. The summed E-state index contributed by atoms with van der Waals surface area (Å²) in [6.07, 6.45) is 0. The van der Waals surface area contributed by atoms with Crippen LogP contribution >= 0.6 is 11.3 Å². The molecule has 1 atom stereocenters. The second-order valence-electron chi connectivity index (χ2n) is 10.9. The van der Waals surface area contributed by atoms with E-state index in [1.165, 1.54) is 16.8 Å². The minimum Gasteiger partial charge on any atom is -0.262 e. The van der Waals surface area contributed by atoms with Gasteiger partial charge in [-0.05, 0) is 43.4 Å². The van der Waals surface area contributed by atoms with Gasteiger partial charge in [-0.2, -0.15) is 0 Å². The standard InChI is InChI=1S/C27H35N5S/c1-16-22(19-13-11-10-12-14-19)24(27(7,8)9)31-32(16)25-23(33-18(3)30-25)20-15-21(26(4,5)6)29-17(2)28-20/h10-15,24,31H,1-9H3. The summed E-state index contributed by atoms with van der Waals surface area (Å²) in [5.74, 6) is 1.70. The first kappa shape index (κ1) is 23.6. The second-order valence-corrected chi connectivity index (χ2v) is 12.2. The van der Waals surface area contributed by atoms with Gasteiger partial charge in [0.25, 0.3) is 0 Å². The van der Waals surface area contributed by atoms with Gasteiger partial charge in [0.05, 0.1) is 27.3 Å². The molecule has 174 valence electrons. The monoisotopic (exact) mass is 461 g/mol. The maximum absolute atomic E-state index is 4.97. The van der Waals surface area contributed by atoms with Crippen molar-refractivity contribution < 1.29 is 0 Å². The van der Waals surface area contributed by atoms with Gasteiger partial charge in [0.2, 0.25) is 0 Å². The summed E-state index contributed by atoms with van der Waals surface area (Å²) in [7, 11) is 0. The topological polar surface area (TPSA) is 53.9 Å². The third-order valence-corrected chi connectivity index (χ3v) is 6.97. The van der Waals surface area contributed by atoms with Crippen molar-refractivity contribution >= 4 is 22.7 Å². The fourth-order valence-electron chi connectivity index (χ4n) is 4.26. The highest BCUT2D eigenvalue weighted by Crippen LogP contribution is 2.44. The third-order valence-electron chi connectivity index (χ3n) is 5.99. The Bertz CT molecular complexity index is 1200. The molecule has 4 rings (SSSR count). The average Bonchev–Trinajstić information content (AvgIpc) is 3.27. The number of nitrogens with one attached hydrogen (secondary N) is 1. The molecule has 1 unspecified atom stereocenters. The number of hydrogen-bond donors (Lipinski definition) is 1. The number of anilines is 1. The molecule has 6 heteroatoms. The summed E-state index contributed by atoms with van der Waals surface area (Å²) < 4.78 is 0. The molecule has 0 saturated carbocycles. The molecule has 0 amide bonds. The van der Waals surface area contributed by atoms with Gasteiger partial charge in [-0.15, -0.1) is 11.3 Å². The summed E-state index contributed by atoms with van der Waals surface area (Å²) in [5, 5.41) is 3.19. The Labute approximate surface area is 202 Å². The number of hydrogen-bond acceptors (Lipinski definition) is 6. The SMILES string of the molecule is CC1=C(c2ccccc2)C(C(C)(C)C)NN1c1nc(C)sc1-c1cc(C(C)(C)C)nc(C)n1. The molecule has 0 fully saturated rings. The van der Waals surface area contributed by atoms with Crippen molar-refractivity contribution in [2.24, 2.45) is 5.41 Å². The summed E-state index contributed by atoms with van der Waals surface area (Å²) in [6.45, 7) is 19.6. The lowest BCUT2D eigenvalue weighted by Gasteiger charge is -2.31. The van der Waals surface area contributed by atoms with Gasteiger partial charge in [-0.25, -0.2) is 20.4 Å². The normalized spacial score (nSPS) is 17.2. The Hall–Kier alpha value is -2.57. The highest BCUT2D eigenvalue weighted by molar-refractivity contribution is 7.15. The lowest BCUT2D eigenvalue weighted by atomic mass is 9.80. The van der Waals surface area contributed by atoms with Crippen LogP contribution in [0.3, 0.4) is 0 Å². The van der Waals surface area contributed by atoms with Gasteiger partial charge in [0.15, 0.2) is 5.82 Å². The van der Waals surface area contributed by atoms with Crippen molar-refractivity contribution in [1.82, 2.24) is 20.4 Å². The van der Waals surface area contributed by atoms with Crippen LogP contribution in [0.2, 0.25) is 0 Å². The molecule has 33 heavy (non-hydrogen) atoms. The molecule has 1 aliphatic heterocycles. The molecule has 0 radical (unpaired) electrons. The maximum Gasteiger partial charge on any atom is 0.168 e. The predicted octanol–water partition coefficient (Wildman–Crippen LogP) is 6.68. The number of hydrazine groups is 1. The Morgan fingerprint density at radius 3 is 2.18 bits per heavy atom. The first-order valence-electron chi connectivity index (χ1n) is 11.5. The van der Waals surface area contributed by atoms with Crippen molar-refractivity contribution in [2.75, 3.05) is 5.01 Å². The van der Waals surface area contributed by atoms with Crippen LogP contribution in [-0.4, -0.2) is 21.0 Å². The van der Waals surface area contributed by atoms with Crippen LogP contribution in [-0.2, 0) is 5.41 Å². The highest BCUT2D eigenvalue weighted by Gasteiger charge is 2.39. The van der Waals surface area contributed by atoms with E-state index in [0.717, 1.165) is 32.9 Å². The van der Waals surface area contributed by atoms with Gasteiger partial charge in [0, 0.05) is 11.1 Å². The lowest BCUT2D eigenvalue weighted by Crippen LogP contribution is -2.44. The number of rotatable bonds is 3. The van der Waals surface area contributed by atoms with Crippen LogP contribution in [0.25, 0.3) is 16.1 Å². The van der Waals surface area contributed by atoms with E-state index in [4.69, 9.17) is 15.0 Å². The molecule has 3 aromatic rings. The molecule has 0 saturated heterocycles. The summed E-state index contributed by atoms with van der Waals surface area (Å²) >= 11 is 1.68. The van der Waals surface area contributed by atoms with Crippen molar-refractivity contribution in [3.8, 4) is 10.6 Å². The molecule has 1 N–H and O–H groups in total. The quantitative estimate of drug-likeness (QED) is 0.471. The van der Waals surface area contributed by atoms with E-state index in [-0.39, 0.29) is 16.9 Å². The smallest absolute Gasteiger partial charge is 0.168 e. The van der Waals surface area contributed by atoms with E-state index in [1.54, 1.807) is 11.3 Å². The second kappa shape index (κ2) is 8.33. The molecule has 2 aromatic heterocycles. The van der Waals surface area contributed by atoms with Crippen LogP contribution in [0.15, 0.2) is 42.1 Å². The molecule has 3 heterocycles. The van der Waals surface area contributed by atoms with Gasteiger partial charge < -0.3 is 0 Å². The molecule has 5 nitrogen and oxygen atoms in total. The Balaban J connectivity index is 1.87. The van der Waals surface area contributed by atoms with Gasteiger partial charge in [-0.1, -0.05) is 71.9 Å². The molecule has 1 aromatic carbocycles. The molecule has 0 bridgehead atoms. The minimum atomic E-state index is -0.0537. The molecule has 0 aliphatic carbocycles. The zero-order chi connectivity index (χ0) is 24.1. The van der Waals surface area contributed by atoms with Crippen molar-refractivity contribution in [2.45, 2.75) is 73.8 Å². The van der Waals surface area contributed by atoms with E-state index in [2.05, 4.69) is 102 Å². The van der Waals surface area contributed by atoms with Crippen LogP contribution in [0.4, 0.5) is 5.82 Å². The fraction of sp³-hybridized carbons (Fsp3) is 0.444. The lowest BCUT2D eigenvalue weighted by molar-refractivity contribution is 0.333. The van der Waals surface area contributed by atoms with E-state index < -0.39 is 0 Å². The number of benzene rings is 1. The molecular weight excluding hydrogens is 426 g/mol. The highest BCUT2D eigenvalue weighted by atomic mass is 32.1. The minimum absolute atomic E-state index is 0.0251. The zero-order valence-corrected chi connectivity index (χ0v) is 22.1. The van der Waals surface area contributed by atoms with Crippen molar-refractivity contribution in [1.29, 1.82) is 0 Å². The Morgan fingerprint density at radius 2 is 1.58 bits per heavy atom. The van der Waals surface area contributed by atoms with Gasteiger partial charge in [-0.3, -0.25) is 5.01 Å². The van der Waals surface area contributed by atoms with E-state index in [0.29, 0.717) is 0 Å². The fourth-order valence-corrected chi connectivity index (χ4v) is 5.13. The number of allylic oxidation sites excluding steroid dienone is 1. The van der Waals surface area contributed by atoms with E-state index in [9.17, 15) is 0 Å².